The van der Waals surface area contributed by atoms with Crippen LogP contribution < -0.4 is 5.32 Å². The lowest BCUT2D eigenvalue weighted by Gasteiger charge is -2.27. The maximum absolute atomic E-state index is 6.41. The molecule has 0 bridgehead atoms. The normalized spacial score (nSPS) is 18.8. The SMILES string of the molecule is CCCNC(c1c(Cl)cnn1C(C)C)C(C)C1CC1. The van der Waals surface area contributed by atoms with Gasteiger partial charge >= 0.3 is 0 Å². The molecule has 4 heteroatoms. The maximum Gasteiger partial charge on any atom is 0.0834 e. The van der Waals surface area contributed by atoms with E-state index in [-0.39, 0.29) is 0 Å². The summed E-state index contributed by atoms with van der Waals surface area (Å²) in [5.74, 6) is 1.47. The van der Waals surface area contributed by atoms with Crippen molar-refractivity contribution in [3.63, 3.8) is 0 Å². The lowest BCUT2D eigenvalue weighted by Crippen LogP contribution is -2.31. The molecule has 1 aromatic rings. The van der Waals surface area contributed by atoms with Crippen molar-refractivity contribution in [2.24, 2.45) is 11.8 Å². The van der Waals surface area contributed by atoms with Crippen LogP contribution in [0.25, 0.3) is 0 Å². The zero-order valence-corrected chi connectivity index (χ0v) is 13.2. The van der Waals surface area contributed by atoms with Crippen LogP contribution in [0.5, 0.6) is 0 Å². The van der Waals surface area contributed by atoms with E-state index in [9.17, 15) is 0 Å². The molecule has 0 amide bonds. The lowest BCUT2D eigenvalue weighted by atomic mass is 9.93. The zero-order chi connectivity index (χ0) is 14.0. The molecule has 0 radical (unpaired) electrons. The third-order valence-corrected chi connectivity index (χ3v) is 4.37. The Morgan fingerprint density at radius 3 is 2.63 bits per heavy atom. The molecule has 1 fully saturated rings. The van der Waals surface area contributed by atoms with Crippen LogP contribution in [0.15, 0.2) is 6.20 Å². The molecule has 19 heavy (non-hydrogen) atoms. The minimum absolute atomic E-state index is 0.324. The maximum atomic E-state index is 6.41. The third kappa shape index (κ3) is 3.32. The summed E-state index contributed by atoms with van der Waals surface area (Å²) in [5, 5.41) is 8.94. The Morgan fingerprint density at radius 1 is 1.42 bits per heavy atom. The minimum Gasteiger partial charge on any atom is -0.308 e. The second kappa shape index (κ2) is 6.27. The Bertz CT molecular complexity index is 410. The van der Waals surface area contributed by atoms with Crippen LogP contribution in [0.3, 0.4) is 0 Å². The highest BCUT2D eigenvalue weighted by Gasteiger charge is 2.36. The summed E-state index contributed by atoms with van der Waals surface area (Å²) < 4.78 is 2.08. The van der Waals surface area contributed by atoms with E-state index in [0.29, 0.717) is 18.0 Å². The monoisotopic (exact) mass is 283 g/mol. The Balaban J connectivity index is 2.27. The second-order valence-electron chi connectivity index (χ2n) is 6.04. The van der Waals surface area contributed by atoms with E-state index in [4.69, 9.17) is 11.6 Å². The number of rotatable bonds is 7. The van der Waals surface area contributed by atoms with Gasteiger partial charge in [0.1, 0.15) is 0 Å². The molecule has 0 saturated heterocycles. The quantitative estimate of drug-likeness (QED) is 0.813. The van der Waals surface area contributed by atoms with Crippen LogP contribution in [0, 0.1) is 11.8 Å². The van der Waals surface area contributed by atoms with Crippen molar-refractivity contribution in [2.45, 2.75) is 59.0 Å². The number of halogens is 1. The summed E-state index contributed by atoms with van der Waals surface area (Å²) in [6.07, 6.45) is 5.65. The molecule has 1 heterocycles. The van der Waals surface area contributed by atoms with E-state index in [1.54, 1.807) is 6.20 Å². The molecule has 1 aliphatic carbocycles. The molecule has 3 nitrogen and oxygen atoms in total. The van der Waals surface area contributed by atoms with Gasteiger partial charge in [-0.2, -0.15) is 5.10 Å². The van der Waals surface area contributed by atoms with E-state index in [0.717, 1.165) is 23.9 Å². The fourth-order valence-corrected chi connectivity index (χ4v) is 3.03. The molecule has 1 N–H and O–H groups in total. The highest BCUT2D eigenvalue weighted by molar-refractivity contribution is 6.31. The molecule has 1 aliphatic rings. The molecule has 2 rings (SSSR count). The van der Waals surface area contributed by atoms with Crippen LogP contribution in [0.2, 0.25) is 5.02 Å². The summed E-state index contributed by atoms with van der Waals surface area (Å²) in [6, 6.07) is 0.671. The number of aromatic nitrogens is 2. The van der Waals surface area contributed by atoms with Gasteiger partial charge in [-0.05, 0) is 51.5 Å². The van der Waals surface area contributed by atoms with Crippen molar-refractivity contribution in [3.05, 3.63) is 16.9 Å². The third-order valence-electron chi connectivity index (χ3n) is 4.08. The average Bonchev–Trinajstić information content (AvgIpc) is 3.14. The summed E-state index contributed by atoms with van der Waals surface area (Å²) in [4.78, 5) is 0. The van der Waals surface area contributed by atoms with Crippen LogP contribution in [-0.2, 0) is 0 Å². The Kier molecular flexibility index (Phi) is 4.91. The molecule has 1 saturated carbocycles. The van der Waals surface area contributed by atoms with Gasteiger partial charge in [-0.25, -0.2) is 0 Å². The molecular formula is C15H26ClN3. The number of hydrogen-bond donors (Lipinski definition) is 1. The van der Waals surface area contributed by atoms with Gasteiger partial charge in [0.2, 0.25) is 0 Å². The highest BCUT2D eigenvalue weighted by atomic mass is 35.5. The highest BCUT2D eigenvalue weighted by Crippen LogP contribution is 2.44. The lowest BCUT2D eigenvalue weighted by molar-refractivity contribution is 0.323. The van der Waals surface area contributed by atoms with Gasteiger partial charge < -0.3 is 5.32 Å². The van der Waals surface area contributed by atoms with E-state index in [1.807, 2.05) is 0 Å². The van der Waals surface area contributed by atoms with Gasteiger partial charge in [-0.15, -0.1) is 0 Å². The fourth-order valence-electron chi connectivity index (χ4n) is 2.78. The molecule has 2 unspecified atom stereocenters. The molecule has 0 aliphatic heterocycles. The fraction of sp³-hybridized carbons (Fsp3) is 0.800. The van der Waals surface area contributed by atoms with Crippen molar-refractivity contribution >= 4 is 11.6 Å². The van der Waals surface area contributed by atoms with E-state index < -0.39 is 0 Å². The Labute approximate surface area is 121 Å². The van der Waals surface area contributed by atoms with Gasteiger partial charge in [0, 0.05) is 6.04 Å². The molecule has 1 aromatic heterocycles. The first-order valence-electron chi connectivity index (χ1n) is 7.52. The number of nitrogens with zero attached hydrogens (tertiary/aromatic N) is 2. The van der Waals surface area contributed by atoms with Crippen molar-refractivity contribution in [1.82, 2.24) is 15.1 Å². The first kappa shape index (κ1) is 14.9. The van der Waals surface area contributed by atoms with Crippen LogP contribution in [-0.4, -0.2) is 16.3 Å². The first-order valence-corrected chi connectivity index (χ1v) is 7.90. The first-order chi connectivity index (χ1) is 9.06. The second-order valence-corrected chi connectivity index (χ2v) is 6.45. The molecule has 0 spiro atoms. The van der Waals surface area contributed by atoms with Crippen molar-refractivity contribution in [1.29, 1.82) is 0 Å². The van der Waals surface area contributed by atoms with Crippen LogP contribution in [0.4, 0.5) is 0 Å². The molecular weight excluding hydrogens is 258 g/mol. The summed E-state index contributed by atoms with van der Waals surface area (Å²) >= 11 is 6.41. The molecule has 0 aromatic carbocycles. The predicted molar refractivity (Wildman–Crippen MR) is 80.5 cm³/mol. The van der Waals surface area contributed by atoms with Gasteiger partial charge in [0.25, 0.3) is 0 Å². The topological polar surface area (TPSA) is 29.9 Å². The van der Waals surface area contributed by atoms with Gasteiger partial charge in [-0.1, -0.05) is 25.4 Å². The van der Waals surface area contributed by atoms with Gasteiger partial charge in [0.05, 0.1) is 23.0 Å². The van der Waals surface area contributed by atoms with Crippen LogP contribution >= 0.6 is 11.6 Å². The Morgan fingerprint density at radius 2 is 2.11 bits per heavy atom. The largest absolute Gasteiger partial charge is 0.308 e. The zero-order valence-electron chi connectivity index (χ0n) is 12.5. The van der Waals surface area contributed by atoms with Crippen molar-refractivity contribution in [3.8, 4) is 0 Å². The smallest absolute Gasteiger partial charge is 0.0834 e. The summed E-state index contributed by atoms with van der Waals surface area (Å²) in [6.45, 7) is 9.89. The summed E-state index contributed by atoms with van der Waals surface area (Å²) in [7, 11) is 0. The molecule has 2 atom stereocenters. The van der Waals surface area contributed by atoms with Crippen molar-refractivity contribution in [2.75, 3.05) is 6.54 Å². The van der Waals surface area contributed by atoms with Gasteiger partial charge in [0.15, 0.2) is 0 Å². The van der Waals surface area contributed by atoms with Gasteiger partial charge in [-0.3, -0.25) is 4.68 Å². The number of nitrogens with one attached hydrogen (secondary N) is 1. The van der Waals surface area contributed by atoms with Crippen molar-refractivity contribution < 1.29 is 0 Å². The standard InChI is InChI=1S/C15H26ClN3/c1-5-8-17-14(11(4)12-6-7-12)15-13(16)9-18-19(15)10(2)3/h9-12,14,17H,5-8H2,1-4H3. The van der Waals surface area contributed by atoms with Crippen LogP contribution in [0.1, 0.15) is 64.7 Å². The average molecular weight is 284 g/mol. The number of hydrogen-bond acceptors (Lipinski definition) is 2. The van der Waals surface area contributed by atoms with E-state index >= 15 is 0 Å². The van der Waals surface area contributed by atoms with E-state index in [1.165, 1.54) is 18.5 Å². The minimum atomic E-state index is 0.324. The predicted octanol–water partition coefficient (Wildman–Crippen LogP) is 4.20. The summed E-state index contributed by atoms with van der Waals surface area (Å²) in [5.41, 5.74) is 1.17. The Hall–Kier alpha value is -0.540. The molecule has 108 valence electrons. The van der Waals surface area contributed by atoms with E-state index in [2.05, 4.69) is 42.8 Å².